The first kappa shape index (κ1) is 15.4. The van der Waals surface area contributed by atoms with Crippen LogP contribution in [0.15, 0.2) is 29.6 Å². The first-order chi connectivity index (χ1) is 10.6. The van der Waals surface area contributed by atoms with Crippen molar-refractivity contribution in [2.75, 3.05) is 13.2 Å². The summed E-state index contributed by atoms with van der Waals surface area (Å²) in [6, 6.07) is 7.68. The Morgan fingerprint density at radius 2 is 2.27 bits per heavy atom. The third kappa shape index (κ3) is 2.99. The molecule has 116 valence electrons. The van der Waals surface area contributed by atoms with Crippen LogP contribution in [0.1, 0.15) is 29.0 Å². The minimum absolute atomic E-state index is 0.0250. The van der Waals surface area contributed by atoms with Crippen molar-refractivity contribution < 1.29 is 9.53 Å². The van der Waals surface area contributed by atoms with Crippen molar-refractivity contribution in [2.45, 2.75) is 26.3 Å². The summed E-state index contributed by atoms with van der Waals surface area (Å²) in [4.78, 5) is 15.7. The molecule has 1 amide bonds. The Morgan fingerprint density at radius 3 is 3.05 bits per heavy atom. The molecule has 0 saturated carbocycles. The first-order valence-corrected chi connectivity index (χ1v) is 8.56. The van der Waals surface area contributed by atoms with E-state index in [-0.39, 0.29) is 18.6 Å². The van der Waals surface area contributed by atoms with Crippen LogP contribution in [0.5, 0.6) is 5.75 Å². The van der Waals surface area contributed by atoms with Crippen LogP contribution in [0.4, 0.5) is 0 Å². The smallest absolute Gasteiger partial charge is 0.261 e. The fourth-order valence-electron chi connectivity index (χ4n) is 2.79. The van der Waals surface area contributed by atoms with E-state index < -0.39 is 0 Å². The topological polar surface area (TPSA) is 29.5 Å². The molecule has 5 heteroatoms. The highest BCUT2D eigenvalue weighted by atomic mass is 35.5. The van der Waals surface area contributed by atoms with Gasteiger partial charge in [0.2, 0.25) is 0 Å². The predicted octanol–water partition coefficient (Wildman–Crippen LogP) is 4.23. The lowest BCUT2D eigenvalue weighted by atomic mass is 10.0. The van der Waals surface area contributed by atoms with Gasteiger partial charge < -0.3 is 9.64 Å². The van der Waals surface area contributed by atoms with Crippen molar-refractivity contribution >= 4 is 28.8 Å². The summed E-state index contributed by atoms with van der Waals surface area (Å²) in [6.07, 6.45) is 0.934. The molecular weight excluding hydrogens is 318 g/mol. The van der Waals surface area contributed by atoms with E-state index >= 15 is 0 Å². The monoisotopic (exact) mass is 335 g/mol. The van der Waals surface area contributed by atoms with E-state index in [2.05, 4.69) is 18.4 Å². The summed E-state index contributed by atoms with van der Waals surface area (Å²) < 4.78 is 5.63. The largest absolute Gasteiger partial charge is 0.484 e. The Hall–Kier alpha value is -1.52. The van der Waals surface area contributed by atoms with Crippen molar-refractivity contribution in [2.24, 2.45) is 0 Å². The minimum Gasteiger partial charge on any atom is -0.484 e. The van der Waals surface area contributed by atoms with E-state index in [0.717, 1.165) is 18.5 Å². The van der Waals surface area contributed by atoms with Gasteiger partial charge in [-0.15, -0.1) is 11.3 Å². The van der Waals surface area contributed by atoms with Crippen LogP contribution >= 0.6 is 22.9 Å². The molecule has 1 aliphatic rings. The third-order valence-electron chi connectivity index (χ3n) is 4.09. The molecule has 1 aromatic heterocycles. The maximum Gasteiger partial charge on any atom is 0.261 e. The number of carbonyl (C=O) groups is 1. The van der Waals surface area contributed by atoms with Gasteiger partial charge >= 0.3 is 0 Å². The molecule has 0 bridgehead atoms. The maximum atomic E-state index is 12.4. The number of ether oxygens (including phenoxy) is 1. The highest BCUT2D eigenvalue weighted by Gasteiger charge is 2.28. The second-order valence-corrected chi connectivity index (χ2v) is 6.92. The molecule has 2 aromatic rings. The number of halogens is 1. The van der Waals surface area contributed by atoms with Gasteiger partial charge in [0, 0.05) is 16.4 Å². The second kappa shape index (κ2) is 6.31. The zero-order valence-corrected chi connectivity index (χ0v) is 14.2. The molecule has 1 aromatic carbocycles. The fraction of sp³-hybridized carbons (Fsp3) is 0.353. The van der Waals surface area contributed by atoms with E-state index in [1.54, 1.807) is 23.5 Å². The van der Waals surface area contributed by atoms with Gasteiger partial charge in [0.25, 0.3) is 5.91 Å². The molecule has 1 atom stereocenters. The summed E-state index contributed by atoms with van der Waals surface area (Å²) >= 11 is 7.77. The summed E-state index contributed by atoms with van der Waals surface area (Å²) in [7, 11) is 0. The van der Waals surface area contributed by atoms with Crippen LogP contribution in [0, 0.1) is 6.92 Å². The zero-order chi connectivity index (χ0) is 15.7. The Balaban J connectivity index is 1.64. The fourth-order valence-corrected chi connectivity index (χ4v) is 3.87. The lowest BCUT2D eigenvalue weighted by molar-refractivity contribution is -0.135. The second-order valence-electron chi connectivity index (χ2n) is 5.51. The predicted molar refractivity (Wildman–Crippen MR) is 89.8 cm³/mol. The van der Waals surface area contributed by atoms with Gasteiger partial charge in [0.1, 0.15) is 5.75 Å². The van der Waals surface area contributed by atoms with Crippen LogP contribution < -0.4 is 4.74 Å². The van der Waals surface area contributed by atoms with Crippen LogP contribution in [-0.2, 0) is 11.2 Å². The number of hydrogen-bond acceptors (Lipinski definition) is 3. The van der Waals surface area contributed by atoms with E-state index in [9.17, 15) is 4.79 Å². The number of nitrogens with zero attached hydrogens (tertiary/aromatic N) is 1. The van der Waals surface area contributed by atoms with Crippen LogP contribution in [-0.4, -0.2) is 24.0 Å². The number of benzene rings is 1. The summed E-state index contributed by atoms with van der Waals surface area (Å²) in [5.41, 5.74) is 2.22. The molecule has 22 heavy (non-hydrogen) atoms. The highest BCUT2D eigenvalue weighted by Crippen LogP contribution is 2.32. The molecule has 0 saturated heterocycles. The Bertz CT molecular complexity index is 698. The van der Waals surface area contributed by atoms with Crippen molar-refractivity contribution in [3.8, 4) is 5.75 Å². The number of aryl methyl sites for hydroxylation is 1. The summed E-state index contributed by atoms with van der Waals surface area (Å²) in [5, 5.41) is 2.80. The number of carbonyl (C=O) groups excluding carboxylic acids is 1. The summed E-state index contributed by atoms with van der Waals surface area (Å²) in [6.45, 7) is 4.82. The van der Waals surface area contributed by atoms with Gasteiger partial charge in [-0.05, 0) is 61.0 Å². The normalized spacial score (nSPS) is 17.2. The zero-order valence-electron chi connectivity index (χ0n) is 12.6. The van der Waals surface area contributed by atoms with Crippen LogP contribution in [0.2, 0.25) is 5.02 Å². The number of thiophene rings is 1. The van der Waals surface area contributed by atoms with Gasteiger partial charge in [-0.25, -0.2) is 0 Å². The van der Waals surface area contributed by atoms with Gasteiger partial charge in [0.05, 0.1) is 6.04 Å². The van der Waals surface area contributed by atoms with Gasteiger partial charge in [-0.2, -0.15) is 0 Å². The van der Waals surface area contributed by atoms with Gasteiger partial charge in [-0.3, -0.25) is 4.79 Å². The SMILES string of the molecule is Cc1cc(OCC(=O)N2CCc3sccc3C2C)ccc1Cl. The molecule has 0 fully saturated rings. The van der Waals surface area contributed by atoms with Gasteiger partial charge in [-0.1, -0.05) is 11.6 Å². The quantitative estimate of drug-likeness (QED) is 0.839. The number of fused-ring (bicyclic) bond motifs is 1. The van der Waals surface area contributed by atoms with Crippen molar-refractivity contribution in [1.82, 2.24) is 4.90 Å². The van der Waals surface area contributed by atoms with Crippen LogP contribution in [0.25, 0.3) is 0 Å². The van der Waals surface area contributed by atoms with Crippen molar-refractivity contribution in [3.05, 3.63) is 50.7 Å². The van der Waals surface area contributed by atoms with E-state index in [1.807, 2.05) is 17.9 Å². The van der Waals surface area contributed by atoms with Crippen LogP contribution in [0.3, 0.4) is 0 Å². The number of rotatable bonds is 3. The standard InChI is InChI=1S/C17H18ClNO2S/c1-11-9-13(3-4-15(11)18)21-10-17(20)19-7-5-16-14(12(19)2)6-8-22-16/h3-4,6,8-9,12H,5,7,10H2,1-2H3. The average Bonchev–Trinajstić information content (AvgIpc) is 2.98. The molecular formula is C17H18ClNO2S. The molecule has 0 radical (unpaired) electrons. The lowest BCUT2D eigenvalue weighted by Gasteiger charge is -2.33. The van der Waals surface area contributed by atoms with E-state index in [4.69, 9.17) is 16.3 Å². The molecule has 0 spiro atoms. The Kier molecular flexibility index (Phi) is 4.41. The Morgan fingerprint density at radius 1 is 1.45 bits per heavy atom. The van der Waals surface area contributed by atoms with Crippen molar-refractivity contribution in [3.63, 3.8) is 0 Å². The maximum absolute atomic E-state index is 12.4. The van der Waals surface area contributed by atoms with E-state index in [1.165, 1.54) is 10.4 Å². The molecule has 3 nitrogen and oxygen atoms in total. The molecule has 1 aliphatic heterocycles. The van der Waals surface area contributed by atoms with E-state index in [0.29, 0.717) is 10.8 Å². The molecule has 1 unspecified atom stereocenters. The molecule has 3 rings (SSSR count). The number of amides is 1. The molecule has 2 heterocycles. The number of hydrogen-bond donors (Lipinski definition) is 0. The lowest BCUT2D eigenvalue weighted by Crippen LogP contribution is -2.40. The summed E-state index contributed by atoms with van der Waals surface area (Å²) in [5.74, 6) is 0.702. The Labute approximate surface area is 139 Å². The van der Waals surface area contributed by atoms with Crippen molar-refractivity contribution in [1.29, 1.82) is 0 Å². The molecule has 0 aliphatic carbocycles. The minimum atomic E-state index is 0.0250. The average molecular weight is 336 g/mol. The third-order valence-corrected chi connectivity index (χ3v) is 5.51. The van der Waals surface area contributed by atoms with Gasteiger partial charge in [0.15, 0.2) is 6.61 Å². The first-order valence-electron chi connectivity index (χ1n) is 7.31. The molecule has 0 N–H and O–H groups in total. The highest BCUT2D eigenvalue weighted by molar-refractivity contribution is 7.10.